The zero-order chi connectivity index (χ0) is 16.9. The van der Waals surface area contributed by atoms with Gasteiger partial charge < -0.3 is 14.9 Å². The maximum Gasteiger partial charge on any atom is 0.226 e. The number of aromatic nitrogens is 2. The standard InChI is InChI=1S/C16H20FN3O3/c1-11-19-15(23-20-11)5-3-4-14(21)18-10-16(2,22)12-6-8-13(17)9-7-12/h6-9,22H,3-5,10H2,1-2H3,(H,18,21). The van der Waals surface area contributed by atoms with Crippen LogP contribution in [-0.4, -0.2) is 27.7 Å². The van der Waals surface area contributed by atoms with Gasteiger partial charge in [0.15, 0.2) is 5.82 Å². The SMILES string of the molecule is Cc1noc(CCCC(=O)NCC(C)(O)c2ccc(F)cc2)n1. The Morgan fingerprint density at radius 3 is 2.70 bits per heavy atom. The number of hydrogen-bond donors (Lipinski definition) is 2. The van der Waals surface area contributed by atoms with Crippen molar-refractivity contribution in [1.29, 1.82) is 0 Å². The number of aryl methyl sites for hydroxylation is 2. The fourth-order valence-corrected chi connectivity index (χ4v) is 2.11. The maximum absolute atomic E-state index is 12.9. The first-order chi connectivity index (χ1) is 10.9. The van der Waals surface area contributed by atoms with E-state index in [0.717, 1.165) is 0 Å². The molecule has 0 saturated carbocycles. The molecular formula is C16H20FN3O3. The van der Waals surface area contributed by atoms with Gasteiger partial charge in [-0.2, -0.15) is 4.98 Å². The molecule has 0 radical (unpaired) electrons. The van der Waals surface area contributed by atoms with E-state index in [1.54, 1.807) is 13.8 Å². The largest absolute Gasteiger partial charge is 0.384 e. The molecule has 2 N–H and O–H groups in total. The van der Waals surface area contributed by atoms with Crippen LogP contribution in [-0.2, 0) is 16.8 Å². The number of amides is 1. The van der Waals surface area contributed by atoms with E-state index in [-0.39, 0.29) is 18.3 Å². The van der Waals surface area contributed by atoms with E-state index in [1.165, 1.54) is 24.3 Å². The number of nitrogens with zero attached hydrogens (tertiary/aromatic N) is 2. The number of carbonyl (C=O) groups excluding carboxylic acids is 1. The van der Waals surface area contributed by atoms with Gasteiger partial charge in [0, 0.05) is 12.8 Å². The van der Waals surface area contributed by atoms with Crippen LogP contribution in [0.5, 0.6) is 0 Å². The van der Waals surface area contributed by atoms with E-state index in [2.05, 4.69) is 15.5 Å². The highest BCUT2D eigenvalue weighted by Crippen LogP contribution is 2.19. The molecule has 1 unspecified atom stereocenters. The number of aliphatic hydroxyl groups is 1. The van der Waals surface area contributed by atoms with Crippen molar-refractivity contribution in [3.63, 3.8) is 0 Å². The number of hydrogen-bond acceptors (Lipinski definition) is 5. The molecule has 0 aliphatic rings. The van der Waals surface area contributed by atoms with Crippen LogP contribution in [0.2, 0.25) is 0 Å². The summed E-state index contributed by atoms with van der Waals surface area (Å²) in [5.41, 5.74) is -0.715. The number of carbonyl (C=O) groups is 1. The van der Waals surface area contributed by atoms with Gasteiger partial charge in [0.25, 0.3) is 0 Å². The van der Waals surface area contributed by atoms with Crippen molar-refractivity contribution < 1.29 is 18.8 Å². The van der Waals surface area contributed by atoms with E-state index in [1.807, 2.05) is 0 Å². The predicted molar refractivity (Wildman–Crippen MR) is 81.0 cm³/mol. The lowest BCUT2D eigenvalue weighted by molar-refractivity contribution is -0.122. The lowest BCUT2D eigenvalue weighted by Crippen LogP contribution is -2.38. The van der Waals surface area contributed by atoms with E-state index >= 15 is 0 Å². The normalized spacial score (nSPS) is 13.6. The molecule has 2 rings (SSSR count). The second-order valence-corrected chi connectivity index (χ2v) is 5.65. The Morgan fingerprint density at radius 1 is 1.39 bits per heavy atom. The Morgan fingerprint density at radius 2 is 2.09 bits per heavy atom. The van der Waals surface area contributed by atoms with Gasteiger partial charge in [0.2, 0.25) is 11.8 Å². The molecule has 1 aromatic heterocycles. The highest BCUT2D eigenvalue weighted by molar-refractivity contribution is 5.75. The van der Waals surface area contributed by atoms with Crippen LogP contribution >= 0.6 is 0 Å². The second-order valence-electron chi connectivity index (χ2n) is 5.65. The summed E-state index contributed by atoms with van der Waals surface area (Å²) < 4.78 is 17.9. The third-order valence-corrected chi connectivity index (χ3v) is 3.46. The molecular weight excluding hydrogens is 301 g/mol. The number of rotatable bonds is 7. The summed E-state index contributed by atoms with van der Waals surface area (Å²) in [5, 5.41) is 16.7. The third kappa shape index (κ3) is 5.14. The van der Waals surface area contributed by atoms with E-state index in [0.29, 0.717) is 36.5 Å². The molecule has 1 amide bonds. The van der Waals surface area contributed by atoms with Gasteiger partial charge in [-0.1, -0.05) is 17.3 Å². The molecule has 0 aliphatic carbocycles. The molecule has 0 fully saturated rings. The van der Waals surface area contributed by atoms with Crippen molar-refractivity contribution in [2.75, 3.05) is 6.54 Å². The van der Waals surface area contributed by atoms with Crippen molar-refractivity contribution in [1.82, 2.24) is 15.5 Å². The Bertz CT molecular complexity index is 653. The van der Waals surface area contributed by atoms with Crippen LogP contribution in [0.15, 0.2) is 28.8 Å². The fourth-order valence-electron chi connectivity index (χ4n) is 2.11. The molecule has 23 heavy (non-hydrogen) atoms. The van der Waals surface area contributed by atoms with Crippen LogP contribution < -0.4 is 5.32 Å². The van der Waals surface area contributed by atoms with Gasteiger partial charge >= 0.3 is 0 Å². The predicted octanol–water partition coefficient (Wildman–Crippen LogP) is 1.86. The molecule has 2 aromatic rings. The first-order valence-corrected chi connectivity index (χ1v) is 7.41. The third-order valence-electron chi connectivity index (χ3n) is 3.46. The minimum atomic E-state index is -1.26. The van der Waals surface area contributed by atoms with E-state index in [9.17, 15) is 14.3 Å². The van der Waals surface area contributed by atoms with Gasteiger partial charge in [-0.3, -0.25) is 4.79 Å². The molecule has 1 atom stereocenters. The van der Waals surface area contributed by atoms with Crippen LogP contribution in [0.1, 0.15) is 37.0 Å². The first-order valence-electron chi connectivity index (χ1n) is 7.41. The average molecular weight is 321 g/mol. The Labute approximate surface area is 133 Å². The lowest BCUT2D eigenvalue weighted by atomic mass is 9.96. The zero-order valence-corrected chi connectivity index (χ0v) is 13.2. The first kappa shape index (κ1) is 17.1. The summed E-state index contributed by atoms with van der Waals surface area (Å²) in [6.45, 7) is 3.36. The average Bonchev–Trinajstić information content (AvgIpc) is 2.91. The molecule has 1 aromatic carbocycles. The summed E-state index contributed by atoms with van der Waals surface area (Å²) >= 11 is 0. The van der Waals surface area contributed by atoms with Crippen molar-refractivity contribution in [3.05, 3.63) is 47.4 Å². The summed E-state index contributed by atoms with van der Waals surface area (Å²) in [4.78, 5) is 15.9. The van der Waals surface area contributed by atoms with Crippen LogP contribution in [0.3, 0.4) is 0 Å². The fraction of sp³-hybridized carbons (Fsp3) is 0.438. The van der Waals surface area contributed by atoms with Crippen molar-refractivity contribution in [2.24, 2.45) is 0 Å². The minimum absolute atomic E-state index is 0.0527. The monoisotopic (exact) mass is 321 g/mol. The van der Waals surface area contributed by atoms with Gasteiger partial charge in [0.1, 0.15) is 11.4 Å². The Balaban J connectivity index is 1.75. The van der Waals surface area contributed by atoms with Crippen molar-refractivity contribution in [2.45, 2.75) is 38.7 Å². The maximum atomic E-state index is 12.9. The molecule has 0 spiro atoms. The van der Waals surface area contributed by atoms with Crippen molar-refractivity contribution >= 4 is 5.91 Å². The Kier molecular flexibility index (Phi) is 5.44. The molecule has 6 nitrogen and oxygen atoms in total. The number of nitrogens with one attached hydrogen (secondary N) is 1. The summed E-state index contributed by atoms with van der Waals surface area (Å²) in [7, 11) is 0. The summed E-state index contributed by atoms with van der Waals surface area (Å²) in [6.07, 6.45) is 1.40. The number of benzene rings is 1. The second kappa shape index (κ2) is 7.32. The smallest absolute Gasteiger partial charge is 0.226 e. The lowest BCUT2D eigenvalue weighted by Gasteiger charge is -2.24. The molecule has 1 heterocycles. The molecule has 124 valence electrons. The van der Waals surface area contributed by atoms with Gasteiger partial charge in [-0.15, -0.1) is 0 Å². The summed E-state index contributed by atoms with van der Waals surface area (Å²) in [5.74, 6) is 0.530. The van der Waals surface area contributed by atoms with E-state index in [4.69, 9.17) is 4.52 Å². The molecule has 0 bridgehead atoms. The van der Waals surface area contributed by atoms with Gasteiger partial charge in [-0.05, 0) is 38.0 Å². The topological polar surface area (TPSA) is 88.2 Å². The molecule has 7 heteroatoms. The number of halogens is 1. The highest BCUT2D eigenvalue weighted by atomic mass is 19.1. The van der Waals surface area contributed by atoms with Crippen molar-refractivity contribution in [3.8, 4) is 0 Å². The van der Waals surface area contributed by atoms with Crippen LogP contribution in [0, 0.1) is 12.7 Å². The minimum Gasteiger partial charge on any atom is -0.384 e. The molecule has 0 aliphatic heterocycles. The molecule has 0 saturated heterocycles. The highest BCUT2D eigenvalue weighted by Gasteiger charge is 2.23. The van der Waals surface area contributed by atoms with Gasteiger partial charge in [0.05, 0.1) is 6.54 Å². The quantitative estimate of drug-likeness (QED) is 0.812. The Hall–Kier alpha value is -2.28. The van der Waals surface area contributed by atoms with Crippen LogP contribution in [0.4, 0.5) is 4.39 Å². The van der Waals surface area contributed by atoms with E-state index < -0.39 is 5.60 Å². The summed E-state index contributed by atoms with van der Waals surface area (Å²) in [6, 6.07) is 5.55. The zero-order valence-electron chi connectivity index (χ0n) is 13.2. The van der Waals surface area contributed by atoms with Crippen LogP contribution in [0.25, 0.3) is 0 Å². The van der Waals surface area contributed by atoms with Gasteiger partial charge in [-0.25, -0.2) is 4.39 Å².